The molecule has 0 aliphatic heterocycles. The minimum absolute atomic E-state index is 0.0436. The number of carbonyl (C=O) groups excluding carboxylic acids is 1. The largest absolute Gasteiger partial charge is 0.361 e. The van der Waals surface area contributed by atoms with Gasteiger partial charge in [-0.25, -0.2) is 8.42 Å². The molecule has 0 fully saturated rings. The van der Waals surface area contributed by atoms with Crippen molar-refractivity contribution < 1.29 is 13.2 Å². The fraction of sp³-hybridized carbons (Fsp3) is 0.125. The van der Waals surface area contributed by atoms with Crippen molar-refractivity contribution in [1.29, 1.82) is 0 Å². The van der Waals surface area contributed by atoms with Gasteiger partial charge in [0.15, 0.2) is 9.84 Å². The van der Waals surface area contributed by atoms with Crippen molar-refractivity contribution in [2.45, 2.75) is 18.2 Å². The summed E-state index contributed by atoms with van der Waals surface area (Å²) in [6.07, 6.45) is 2.02. The molecule has 31 heavy (non-hydrogen) atoms. The Bertz CT molecular complexity index is 1360. The maximum Gasteiger partial charge on any atom is 0.228 e. The molecule has 0 unspecified atom stereocenters. The van der Waals surface area contributed by atoms with Gasteiger partial charge in [0.1, 0.15) is 0 Å². The van der Waals surface area contributed by atoms with Crippen molar-refractivity contribution in [3.63, 3.8) is 0 Å². The molecule has 2 N–H and O–H groups in total. The average Bonchev–Trinajstić information content (AvgIpc) is 3.23. The predicted molar refractivity (Wildman–Crippen MR) is 125 cm³/mol. The van der Waals surface area contributed by atoms with E-state index in [2.05, 4.69) is 10.3 Å². The molecule has 0 aliphatic rings. The summed E-state index contributed by atoms with van der Waals surface area (Å²) in [6.45, 7) is 1.60. The summed E-state index contributed by atoms with van der Waals surface area (Å²) >= 11 is 6.53. The summed E-state index contributed by atoms with van der Waals surface area (Å²) in [5, 5.41) is 4.49. The maximum absolute atomic E-state index is 12.4. The molecule has 1 aromatic heterocycles. The van der Waals surface area contributed by atoms with E-state index in [0.29, 0.717) is 10.7 Å². The molecule has 1 heterocycles. The number of hydrogen-bond donors (Lipinski definition) is 2. The van der Waals surface area contributed by atoms with Crippen LogP contribution in [0.3, 0.4) is 0 Å². The normalized spacial score (nSPS) is 11.5. The van der Waals surface area contributed by atoms with Crippen LogP contribution < -0.4 is 5.32 Å². The minimum Gasteiger partial charge on any atom is -0.361 e. The van der Waals surface area contributed by atoms with Gasteiger partial charge >= 0.3 is 0 Å². The number of anilines is 1. The maximum atomic E-state index is 12.4. The molecule has 4 aromatic rings. The average molecular weight is 453 g/mol. The zero-order valence-electron chi connectivity index (χ0n) is 16.9. The van der Waals surface area contributed by atoms with E-state index in [1.807, 2.05) is 42.6 Å². The molecule has 0 aliphatic carbocycles. The number of rotatable bonds is 6. The highest BCUT2D eigenvalue weighted by atomic mass is 35.5. The summed E-state index contributed by atoms with van der Waals surface area (Å²) in [5.41, 5.74) is 4.21. The Labute approximate surface area is 186 Å². The predicted octanol–water partition coefficient (Wildman–Crippen LogP) is 5.46. The molecule has 0 spiro atoms. The Balaban J connectivity index is 1.48. The molecule has 4 rings (SSSR count). The number of amides is 1. The summed E-state index contributed by atoms with van der Waals surface area (Å²) in [6, 6.07) is 19.8. The summed E-state index contributed by atoms with van der Waals surface area (Å²) in [4.78, 5) is 16.0. The third-order valence-corrected chi connectivity index (χ3v) is 7.22. The summed E-state index contributed by atoms with van der Waals surface area (Å²) < 4.78 is 23.8. The van der Waals surface area contributed by atoms with Crippen molar-refractivity contribution in [2.75, 3.05) is 11.1 Å². The molecule has 5 nitrogen and oxygen atoms in total. The van der Waals surface area contributed by atoms with Gasteiger partial charge in [-0.15, -0.1) is 0 Å². The number of aromatic amines is 1. The number of carbonyl (C=O) groups is 1. The second-order valence-electron chi connectivity index (χ2n) is 7.21. The number of nitrogens with one attached hydrogen (secondary N) is 2. The Morgan fingerprint density at radius 1 is 1.00 bits per heavy atom. The van der Waals surface area contributed by atoms with E-state index in [-0.39, 0.29) is 23.0 Å². The molecule has 3 aromatic carbocycles. The van der Waals surface area contributed by atoms with Crippen LogP contribution in [0.5, 0.6) is 0 Å². The second-order valence-corrected chi connectivity index (χ2v) is 9.90. The zero-order chi connectivity index (χ0) is 22.0. The highest BCUT2D eigenvalue weighted by Crippen LogP contribution is 2.34. The first-order valence-corrected chi connectivity index (χ1v) is 11.9. The summed E-state index contributed by atoms with van der Waals surface area (Å²) in [5.74, 6) is -0.163. The molecule has 0 saturated carbocycles. The molecule has 0 bridgehead atoms. The lowest BCUT2D eigenvalue weighted by atomic mass is 10.0. The quantitative estimate of drug-likeness (QED) is 0.407. The Morgan fingerprint density at radius 3 is 2.48 bits per heavy atom. The first-order chi connectivity index (χ1) is 14.9. The van der Waals surface area contributed by atoms with E-state index in [0.717, 1.165) is 27.6 Å². The molecule has 0 atom stereocenters. The van der Waals surface area contributed by atoms with Crippen LogP contribution in [0.1, 0.15) is 12.5 Å². The molecule has 1 amide bonds. The Kier molecular flexibility index (Phi) is 5.85. The highest BCUT2D eigenvalue weighted by molar-refractivity contribution is 7.91. The number of benzene rings is 3. The van der Waals surface area contributed by atoms with Gasteiger partial charge in [-0.2, -0.15) is 0 Å². The van der Waals surface area contributed by atoms with Crippen molar-refractivity contribution in [1.82, 2.24) is 4.98 Å². The van der Waals surface area contributed by atoms with E-state index in [4.69, 9.17) is 11.6 Å². The van der Waals surface area contributed by atoms with Gasteiger partial charge in [0, 0.05) is 23.0 Å². The van der Waals surface area contributed by atoms with Crippen molar-refractivity contribution >= 4 is 43.9 Å². The van der Waals surface area contributed by atoms with Gasteiger partial charge < -0.3 is 10.3 Å². The molecular formula is C24H21ClN2O3S. The van der Waals surface area contributed by atoms with Gasteiger partial charge in [0.2, 0.25) is 5.91 Å². The van der Waals surface area contributed by atoms with Gasteiger partial charge in [0.05, 0.1) is 27.6 Å². The number of fused-ring (bicyclic) bond motifs is 1. The lowest BCUT2D eigenvalue weighted by Gasteiger charge is -2.10. The van der Waals surface area contributed by atoms with Crippen LogP contribution in [0, 0.1) is 0 Å². The van der Waals surface area contributed by atoms with Gasteiger partial charge in [-0.05, 0) is 41.3 Å². The lowest BCUT2D eigenvalue weighted by Crippen LogP contribution is -2.14. The van der Waals surface area contributed by atoms with E-state index < -0.39 is 9.84 Å². The van der Waals surface area contributed by atoms with Crippen LogP contribution in [0.2, 0.25) is 5.02 Å². The van der Waals surface area contributed by atoms with Gasteiger partial charge in [0.25, 0.3) is 0 Å². The molecule has 0 radical (unpaired) electrons. The molecular weight excluding hydrogens is 432 g/mol. The van der Waals surface area contributed by atoms with Crippen LogP contribution >= 0.6 is 11.6 Å². The lowest BCUT2D eigenvalue weighted by molar-refractivity contribution is -0.115. The molecule has 158 valence electrons. The fourth-order valence-electron chi connectivity index (χ4n) is 3.49. The number of para-hydroxylation sites is 1. The summed E-state index contributed by atoms with van der Waals surface area (Å²) in [7, 11) is -3.25. The number of H-pyrrole nitrogens is 1. The first-order valence-electron chi connectivity index (χ1n) is 9.85. The number of sulfone groups is 1. The van der Waals surface area contributed by atoms with Crippen LogP contribution in [-0.4, -0.2) is 25.1 Å². The first kappa shape index (κ1) is 21.2. The monoisotopic (exact) mass is 452 g/mol. The standard InChI is InChI=1S/C24H21ClN2O3S/c1-2-31(29,30)19-9-6-16(7-10-19)14-23(28)27-18-8-11-20(22(25)15-18)21-5-3-4-17-12-13-26-24(17)21/h3-13,15,26H,2,14H2,1H3,(H,27,28). The van der Waals surface area contributed by atoms with Crippen molar-refractivity contribution in [2.24, 2.45) is 0 Å². The van der Waals surface area contributed by atoms with E-state index in [1.54, 1.807) is 25.1 Å². The van der Waals surface area contributed by atoms with E-state index >= 15 is 0 Å². The number of aromatic nitrogens is 1. The van der Waals surface area contributed by atoms with Crippen LogP contribution in [-0.2, 0) is 21.1 Å². The SMILES string of the molecule is CCS(=O)(=O)c1ccc(CC(=O)Nc2ccc(-c3cccc4cc[nH]c34)c(Cl)c2)cc1. The molecule has 7 heteroatoms. The zero-order valence-corrected chi connectivity index (χ0v) is 18.4. The minimum atomic E-state index is -3.25. The fourth-order valence-corrected chi connectivity index (χ4v) is 4.66. The van der Waals surface area contributed by atoms with Crippen LogP contribution in [0.25, 0.3) is 22.0 Å². The van der Waals surface area contributed by atoms with Crippen molar-refractivity contribution in [3.8, 4) is 11.1 Å². The number of hydrogen-bond acceptors (Lipinski definition) is 3. The Hall–Kier alpha value is -3.09. The molecule has 0 saturated heterocycles. The Morgan fingerprint density at radius 2 is 1.77 bits per heavy atom. The van der Waals surface area contributed by atoms with Gasteiger partial charge in [-0.3, -0.25) is 4.79 Å². The van der Waals surface area contributed by atoms with Gasteiger partial charge in [-0.1, -0.05) is 54.9 Å². The van der Waals surface area contributed by atoms with E-state index in [9.17, 15) is 13.2 Å². The van der Waals surface area contributed by atoms with E-state index in [1.165, 1.54) is 12.1 Å². The van der Waals surface area contributed by atoms with Crippen LogP contribution in [0.15, 0.2) is 77.8 Å². The smallest absolute Gasteiger partial charge is 0.228 e. The van der Waals surface area contributed by atoms with Crippen LogP contribution in [0.4, 0.5) is 5.69 Å². The topological polar surface area (TPSA) is 79.0 Å². The highest BCUT2D eigenvalue weighted by Gasteiger charge is 2.13. The second kappa shape index (κ2) is 8.57. The number of halogens is 1. The third kappa shape index (κ3) is 4.50. The third-order valence-electron chi connectivity index (χ3n) is 5.16. The van der Waals surface area contributed by atoms with Crippen molar-refractivity contribution in [3.05, 3.63) is 83.5 Å².